The molecule has 6 heteroatoms. The maximum atomic E-state index is 11.1. The van der Waals surface area contributed by atoms with Crippen LogP contribution in [0, 0.1) is 0 Å². The van der Waals surface area contributed by atoms with Gasteiger partial charge in [0, 0.05) is 5.38 Å². The number of nitrogens with zero attached hydrogens (tertiary/aromatic N) is 1. The minimum Gasteiger partial charge on any atom is -0.480 e. The summed E-state index contributed by atoms with van der Waals surface area (Å²) in [4.78, 5) is 15.2. The summed E-state index contributed by atoms with van der Waals surface area (Å²) in [5.41, 5.74) is -0.938. The molecule has 1 unspecified atom stereocenters. The van der Waals surface area contributed by atoms with Gasteiger partial charge in [0.05, 0.1) is 0 Å². The van der Waals surface area contributed by atoms with E-state index in [1.165, 1.54) is 11.3 Å². The number of hydrogen-bond donors (Lipinski definition) is 2. The van der Waals surface area contributed by atoms with Crippen LogP contribution in [0.1, 0.15) is 26.7 Å². The van der Waals surface area contributed by atoms with Gasteiger partial charge in [-0.3, -0.25) is 0 Å². The average Bonchev–Trinajstić information content (AvgIpc) is 2.51. The van der Waals surface area contributed by atoms with Gasteiger partial charge in [0.1, 0.15) is 10.1 Å². The van der Waals surface area contributed by atoms with E-state index in [2.05, 4.69) is 26.2 Å². The molecule has 0 spiro atoms. The fourth-order valence-corrected chi connectivity index (χ4v) is 2.54. The molecular formula is C9H13BrN2O2S. The molecule has 1 rings (SSSR count). The molecule has 0 saturated heterocycles. The molecule has 1 atom stereocenters. The van der Waals surface area contributed by atoms with Gasteiger partial charge in [-0.25, -0.2) is 9.78 Å². The van der Waals surface area contributed by atoms with Gasteiger partial charge in [-0.05, 0) is 29.3 Å². The van der Waals surface area contributed by atoms with Crippen LogP contribution in [-0.2, 0) is 4.79 Å². The molecule has 1 aromatic rings. The van der Waals surface area contributed by atoms with Crippen molar-refractivity contribution in [3.05, 3.63) is 9.98 Å². The van der Waals surface area contributed by atoms with Crippen molar-refractivity contribution < 1.29 is 9.90 Å². The largest absolute Gasteiger partial charge is 0.480 e. The van der Waals surface area contributed by atoms with Crippen LogP contribution in [0.3, 0.4) is 0 Å². The lowest BCUT2D eigenvalue weighted by atomic mass is 9.97. The Morgan fingerprint density at radius 3 is 2.87 bits per heavy atom. The lowest BCUT2D eigenvalue weighted by Crippen LogP contribution is -2.43. The number of thiazole rings is 1. The van der Waals surface area contributed by atoms with Crippen LogP contribution in [0.2, 0.25) is 0 Å². The van der Waals surface area contributed by atoms with Crippen molar-refractivity contribution in [1.29, 1.82) is 0 Å². The highest BCUT2D eigenvalue weighted by molar-refractivity contribution is 9.10. The quantitative estimate of drug-likeness (QED) is 0.876. The van der Waals surface area contributed by atoms with E-state index in [1.54, 1.807) is 6.92 Å². The van der Waals surface area contributed by atoms with Gasteiger partial charge in [-0.1, -0.05) is 13.3 Å². The first kappa shape index (κ1) is 12.4. The van der Waals surface area contributed by atoms with Gasteiger partial charge >= 0.3 is 5.97 Å². The lowest BCUT2D eigenvalue weighted by molar-refractivity contribution is -0.141. The molecule has 0 amide bonds. The molecule has 2 N–H and O–H groups in total. The number of carboxylic acids is 1. The highest BCUT2D eigenvalue weighted by atomic mass is 79.9. The van der Waals surface area contributed by atoms with Crippen molar-refractivity contribution in [2.45, 2.75) is 32.2 Å². The number of carboxylic acid groups (broad SMARTS) is 1. The van der Waals surface area contributed by atoms with E-state index >= 15 is 0 Å². The summed E-state index contributed by atoms with van der Waals surface area (Å²) in [5, 5.41) is 14.5. The second-order valence-electron chi connectivity index (χ2n) is 3.49. The molecule has 1 heterocycles. The Labute approximate surface area is 101 Å². The van der Waals surface area contributed by atoms with Crippen molar-refractivity contribution in [2.24, 2.45) is 0 Å². The third kappa shape index (κ3) is 3.17. The highest BCUT2D eigenvalue weighted by Gasteiger charge is 2.32. The summed E-state index contributed by atoms with van der Waals surface area (Å²) in [6, 6.07) is 0. The maximum Gasteiger partial charge on any atom is 0.329 e. The third-order valence-corrected chi connectivity index (χ3v) is 3.55. The molecule has 0 aliphatic carbocycles. The van der Waals surface area contributed by atoms with Crippen molar-refractivity contribution in [2.75, 3.05) is 5.32 Å². The molecule has 0 aliphatic heterocycles. The van der Waals surface area contributed by atoms with Crippen LogP contribution in [0.25, 0.3) is 0 Å². The van der Waals surface area contributed by atoms with Gasteiger partial charge in [-0.2, -0.15) is 0 Å². The Bertz CT molecular complexity index is 356. The van der Waals surface area contributed by atoms with Crippen LogP contribution >= 0.6 is 27.3 Å². The van der Waals surface area contributed by atoms with Crippen LogP contribution < -0.4 is 5.32 Å². The van der Waals surface area contributed by atoms with E-state index in [1.807, 2.05) is 12.3 Å². The van der Waals surface area contributed by atoms with Crippen LogP contribution in [0.4, 0.5) is 5.13 Å². The Balaban J connectivity index is 2.79. The molecule has 4 nitrogen and oxygen atoms in total. The molecular weight excluding hydrogens is 280 g/mol. The predicted molar refractivity (Wildman–Crippen MR) is 64.4 cm³/mol. The smallest absolute Gasteiger partial charge is 0.329 e. The van der Waals surface area contributed by atoms with Crippen molar-refractivity contribution in [1.82, 2.24) is 4.98 Å². The van der Waals surface area contributed by atoms with Gasteiger partial charge < -0.3 is 10.4 Å². The Morgan fingerprint density at radius 1 is 1.80 bits per heavy atom. The first-order chi connectivity index (χ1) is 6.98. The fourth-order valence-electron chi connectivity index (χ4n) is 1.27. The third-order valence-electron chi connectivity index (χ3n) is 2.08. The first-order valence-electron chi connectivity index (χ1n) is 4.60. The van der Waals surface area contributed by atoms with Gasteiger partial charge in [0.2, 0.25) is 0 Å². The topological polar surface area (TPSA) is 62.2 Å². The van der Waals surface area contributed by atoms with E-state index in [0.717, 1.165) is 11.0 Å². The molecule has 0 bridgehead atoms. The van der Waals surface area contributed by atoms with E-state index in [4.69, 9.17) is 5.11 Å². The fraction of sp³-hybridized carbons (Fsp3) is 0.556. The van der Waals surface area contributed by atoms with E-state index in [0.29, 0.717) is 11.6 Å². The van der Waals surface area contributed by atoms with Crippen molar-refractivity contribution in [3.8, 4) is 0 Å². The minimum atomic E-state index is -0.938. The summed E-state index contributed by atoms with van der Waals surface area (Å²) in [5.74, 6) is -0.851. The van der Waals surface area contributed by atoms with Gasteiger partial charge in [0.15, 0.2) is 5.13 Å². The SMILES string of the molecule is CCCC(C)(Nc1nc(Br)cs1)C(=O)O. The Hall–Kier alpha value is -0.620. The zero-order valence-electron chi connectivity index (χ0n) is 8.58. The average molecular weight is 293 g/mol. The first-order valence-corrected chi connectivity index (χ1v) is 6.28. The number of hydrogen-bond acceptors (Lipinski definition) is 4. The van der Waals surface area contributed by atoms with E-state index in [-0.39, 0.29) is 0 Å². The monoisotopic (exact) mass is 292 g/mol. The zero-order chi connectivity index (χ0) is 11.5. The molecule has 1 aromatic heterocycles. The van der Waals surface area contributed by atoms with Crippen molar-refractivity contribution in [3.63, 3.8) is 0 Å². The Morgan fingerprint density at radius 2 is 2.47 bits per heavy atom. The predicted octanol–water partition coefficient (Wildman–Crippen LogP) is 2.96. The number of carbonyl (C=O) groups is 1. The molecule has 0 radical (unpaired) electrons. The molecule has 84 valence electrons. The van der Waals surface area contributed by atoms with Gasteiger partial charge in [0.25, 0.3) is 0 Å². The normalized spacial score (nSPS) is 14.6. The number of anilines is 1. The van der Waals surface area contributed by atoms with Crippen LogP contribution in [0.15, 0.2) is 9.98 Å². The molecule has 0 aromatic carbocycles. The summed E-state index contributed by atoms with van der Waals surface area (Å²) in [7, 11) is 0. The molecule has 15 heavy (non-hydrogen) atoms. The van der Waals surface area contributed by atoms with Crippen LogP contribution in [-0.4, -0.2) is 21.6 Å². The summed E-state index contributed by atoms with van der Waals surface area (Å²) < 4.78 is 0.722. The summed E-state index contributed by atoms with van der Waals surface area (Å²) >= 11 is 4.61. The highest BCUT2D eigenvalue weighted by Crippen LogP contribution is 2.25. The second-order valence-corrected chi connectivity index (χ2v) is 5.16. The van der Waals surface area contributed by atoms with E-state index < -0.39 is 11.5 Å². The summed E-state index contributed by atoms with van der Waals surface area (Å²) in [6.45, 7) is 3.63. The summed E-state index contributed by atoms with van der Waals surface area (Å²) in [6.07, 6.45) is 1.38. The zero-order valence-corrected chi connectivity index (χ0v) is 11.0. The Kier molecular flexibility index (Phi) is 4.10. The van der Waals surface area contributed by atoms with Crippen LogP contribution in [0.5, 0.6) is 0 Å². The molecule has 0 saturated carbocycles. The number of nitrogens with one attached hydrogen (secondary N) is 1. The lowest BCUT2D eigenvalue weighted by Gasteiger charge is -2.25. The molecule has 0 fully saturated rings. The van der Waals surface area contributed by atoms with E-state index in [9.17, 15) is 4.79 Å². The number of halogens is 1. The van der Waals surface area contributed by atoms with Gasteiger partial charge in [-0.15, -0.1) is 11.3 Å². The standard InChI is InChI=1S/C9H13BrN2O2S/c1-3-4-9(2,7(13)14)12-8-11-6(10)5-15-8/h5H,3-4H2,1-2H3,(H,11,12)(H,13,14). The van der Waals surface area contributed by atoms with Crippen molar-refractivity contribution >= 4 is 38.4 Å². The number of aliphatic carboxylic acids is 1. The minimum absolute atomic E-state index is 0.569. The number of aromatic nitrogens is 1. The molecule has 0 aliphatic rings. The maximum absolute atomic E-state index is 11.1. The second kappa shape index (κ2) is 4.94. The number of rotatable bonds is 5.